The van der Waals surface area contributed by atoms with Gasteiger partial charge in [-0.15, -0.1) is 0 Å². The number of hydrogen-bond donors (Lipinski definition) is 3. The summed E-state index contributed by atoms with van der Waals surface area (Å²) >= 11 is 6.03. The van der Waals surface area contributed by atoms with Crippen LogP contribution in [0.4, 0.5) is 14.5 Å². The number of nitrogens with one attached hydrogen (secondary N) is 3. The Morgan fingerprint density at radius 2 is 1.78 bits per heavy atom. The van der Waals surface area contributed by atoms with E-state index in [4.69, 9.17) is 11.6 Å². The van der Waals surface area contributed by atoms with Crippen molar-refractivity contribution in [2.24, 2.45) is 0 Å². The minimum atomic E-state index is -1.04. The Morgan fingerprint density at radius 3 is 2.48 bits per heavy atom. The Bertz CT molecular complexity index is 993. The van der Waals surface area contributed by atoms with Crippen LogP contribution in [-0.2, 0) is 6.54 Å². The molecule has 2 amide bonds. The van der Waals surface area contributed by atoms with Crippen LogP contribution in [0.3, 0.4) is 0 Å². The summed E-state index contributed by atoms with van der Waals surface area (Å²) in [5.74, 6) is -3.63. The molecule has 3 N–H and O–H groups in total. The summed E-state index contributed by atoms with van der Waals surface area (Å²) in [5, 5.41) is 11.5. The van der Waals surface area contributed by atoms with Gasteiger partial charge in [0.2, 0.25) is 0 Å². The molecule has 0 radical (unpaired) electrons. The molecule has 3 rings (SSSR count). The number of amides is 2. The van der Waals surface area contributed by atoms with E-state index in [1.54, 1.807) is 24.3 Å². The lowest BCUT2D eigenvalue weighted by Gasteiger charge is -2.09. The summed E-state index contributed by atoms with van der Waals surface area (Å²) in [4.78, 5) is 24.5. The fraction of sp³-hybridized carbons (Fsp3) is 0.0556. The Labute approximate surface area is 159 Å². The van der Waals surface area contributed by atoms with Gasteiger partial charge < -0.3 is 10.6 Å². The van der Waals surface area contributed by atoms with Crippen LogP contribution in [0, 0.1) is 11.6 Å². The maximum absolute atomic E-state index is 13.7. The van der Waals surface area contributed by atoms with Gasteiger partial charge in [0.1, 0.15) is 22.9 Å². The summed E-state index contributed by atoms with van der Waals surface area (Å²) < 4.78 is 27.4. The molecule has 2 aromatic carbocycles. The maximum atomic E-state index is 13.7. The molecule has 0 aliphatic carbocycles. The number of rotatable bonds is 5. The molecule has 0 saturated heterocycles. The standard InChI is InChI=1S/C18H13ClF2N4O2.H2/c19-11-5-2-1-4-10(11)8-22-18(27)16-14(9-23-25-16)24-17(26)15-12(20)6-3-7-13(15)21;/h1-7,9H,8H2,(H,22,27)(H,23,25)(H,24,26);1H. The van der Waals surface area contributed by atoms with Crippen LogP contribution < -0.4 is 10.6 Å². The van der Waals surface area contributed by atoms with Gasteiger partial charge >= 0.3 is 0 Å². The topological polar surface area (TPSA) is 86.9 Å². The lowest BCUT2D eigenvalue weighted by Crippen LogP contribution is -2.25. The third-order valence-corrected chi connectivity index (χ3v) is 4.07. The first kappa shape index (κ1) is 18.5. The van der Waals surface area contributed by atoms with Gasteiger partial charge in [0.25, 0.3) is 11.8 Å². The number of H-pyrrole nitrogens is 1. The number of halogens is 3. The van der Waals surface area contributed by atoms with Crippen molar-refractivity contribution in [1.29, 1.82) is 0 Å². The van der Waals surface area contributed by atoms with Crippen LogP contribution in [0.5, 0.6) is 0 Å². The molecule has 0 fully saturated rings. The molecule has 6 nitrogen and oxygen atoms in total. The fourth-order valence-corrected chi connectivity index (χ4v) is 2.56. The van der Waals surface area contributed by atoms with Gasteiger partial charge in [0.05, 0.1) is 11.9 Å². The minimum Gasteiger partial charge on any atom is -0.347 e. The lowest BCUT2D eigenvalue weighted by molar-refractivity contribution is 0.0947. The van der Waals surface area contributed by atoms with Crippen LogP contribution in [0.2, 0.25) is 5.02 Å². The highest BCUT2D eigenvalue weighted by atomic mass is 35.5. The van der Waals surface area contributed by atoms with Gasteiger partial charge in [0, 0.05) is 13.0 Å². The monoisotopic (exact) mass is 392 g/mol. The zero-order valence-electron chi connectivity index (χ0n) is 13.7. The SMILES string of the molecule is O=C(NCc1ccccc1Cl)c1[nH]ncc1NC(=O)c1c(F)cccc1F.[HH]. The van der Waals surface area contributed by atoms with E-state index in [0.717, 1.165) is 18.2 Å². The molecule has 0 aliphatic rings. The molecule has 0 saturated carbocycles. The smallest absolute Gasteiger partial charge is 0.271 e. The minimum absolute atomic E-state index is 0. The van der Waals surface area contributed by atoms with Crippen molar-refractivity contribution in [3.63, 3.8) is 0 Å². The molecule has 1 aromatic heterocycles. The second kappa shape index (κ2) is 7.96. The normalized spacial score (nSPS) is 10.5. The van der Waals surface area contributed by atoms with Gasteiger partial charge in [-0.3, -0.25) is 14.7 Å². The first-order chi connectivity index (χ1) is 13.0. The van der Waals surface area contributed by atoms with Crippen LogP contribution >= 0.6 is 11.6 Å². The molecular weight excluding hydrogens is 378 g/mol. The highest BCUT2D eigenvalue weighted by Gasteiger charge is 2.21. The van der Waals surface area contributed by atoms with Crippen molar-refractivity contribution in [3.05, 3.63) is 82.1 Å². The Hall–Kier alpha value is -3.26. The molecule has 3 aromatic rings. The Balaban J connectivity index is 0.00000280. The molecule has 0 aliphatic heterocycles. The molecule has 140 valence electrons. The maximum Gasteiger partial charge on any atom is 0.271 e. The lowest BCUT2D eigenvalue weighted by atomic mass is 10.2. The van der Waals surface area contributed by atoms with Crippen molar-refractivity contribution in [1.82, 2.24) is 15.5 Å². The van der Waals surface area contributed by atoms with Crippen molar-refractivity contribution in [2.75, 3.05) is 5.32 Å². The Morgan fingerprint density at radius 1 is 1.07 bits per heavy atom. The zero-order valence-corrected chi connectivity index (χ0v) is 14.5. The van der Waals surface area contributed by atoms with Gasteiger partial charge in [-0.25, -0.2) is 8.78 Å². The summed E-state index contributed by atoms with van der Waals surface area (Å²) in [7, 11) is 0. The largest absolute Gasteiger partial charge is 0.347 e. The number of carbonyl (C=O) groups is 2. The van der Waals surface area contributed by atoms with Gasteiger partial charge in [-0.05, 0) is 23.8 Å². The highest BCUT2D eigenvalue weighted by Crippen LogP contribution is 2.18. The van der Waals surface area contributed by atoms with E-state index in [-0.39, 0.29) is 19.4 Å². The molecule has 0 unspecified atom stereocenters. The van der Waals surface area contributed by atoms with E-state index in [2.05, 4.69) is 20.8 Å². The van der Waals surface area contributed by atoms with E-state index in [0.29, 0.717) is 10.6 Å². The van der Waals surface area contributed by atoms with Gasteiger partial charge in [-0.1, -0.05) is 35.9 Å². The molecule has 0 atom stereocenters. The summed E-state index contributed by atoms with van der Waals surface area (Å²) in [6, 6.07) is 10.0. The summed E-state index contributed by atoms with van der Waals surface area (Å²) in [6.45, 7) is 0.146. The zero-order chi connectivity index (χ0) is 19.4. The van der Waals surface area contributed by atoms with Gasteiger partial charge in [0.15, 0.2) is 0 Å². The molecule has 1 heterocycles. The molecule has 9 heteroatoms. The van der Waals surface area contributed by atoms with Crippen molar-refractivity contribution < 1.29 is 19.8 Å². The van der Waals surface area contributed by atoms with Gasteiger partial charge in [-0.2, -0.15) is 5.10 Å². The second-order valence-electron chi connectivity index (χ2n) is 5.48. The van der Waals surface area contributed by atoms with Crippen LogP contribution in [0.1, 0.15) is 27.8 Å². The number of nitrogens with zero attached hydrogens (tertiary/aromatic N) is 1. The predicted molar refractivity (Wildman–Crippen MR) is 97.6 cm³/mol. The Kier molecular flexibility index (Phi) is 5.46. The van der Waals surface area contributed by atoms with Crippen LogP contribution in [0.25, 0.3) is 0 Å². The summed E-state index contributed by atoms with van der Waals surface area (Å²) in [5.41, 5.74) is -0.126. The highest BCUT2D eigenvalue weighted by molar-refractivity contribution is 6.31. The molecule has 27 heavy (non-hydrogen) atoms. The number of carbonyl (C=O) groups excluding carboxylic acids is 2. The average Bonchev–Trinajstić information content (AvgIpc) is 3.09. The van der Waals surface area contributed by atoms with E-state index in [1.165, 1.54) is 6.20 Å². The first-order valence-electron chi connectivity index (χ1n) is 7.77. The molecular formula is C18H15ClF2N4O2. The average molecular weight is 393 g/mol. The van der Waals surface area contributed by atoms with E-state index in [1.807, 2.05) is 0 Å². The third-order valence-electron chi connectivity index (χ3n) is 3.70. The molecule has 0 bridgehead atoms. The van der Waals surface area contributed by atoms with Crippen LogP contribution in [0.15, 0.2) is 48.7 Å². The van der Waals surface area contributed by atoms with E-state index in [9.17, 15) is 18.4 Å². The number of anilines is 1. The third kappa shape index (κ3) is 4.12. The van der Waals surface area contributed by atoms with Crippen molar-refractivity contribution >= 4 is 29.1 Å². The first-order valence-corrected chi connectivity index (χ1v) is 8.15. The van der Waals surface area contributed by atoms with E-state index < -0.39 is 29.0 Å². The van der Waals surface area contributed by atoms with Crippen LogP contribution in [-0.4, -0.2) is 22.0 Å². The van der Waals surface area contributed by atoms with Crippen molar-refractivity contribution in [3.8, 4) is 0 Å². The molecule has 0 spiro atoms. The number of aromatic nitrogens is 2. The predicted octanol–water partition coefficient (Wildman–Crippen LogP) is 3.77. The number of benzene rings is 2. The summed E-state index contributed by atoms with van der Waals surface area (Å²) in [6.07, 6.45) is 1.17. The second-order valence-corrected chi connectivity index (χ2v) is 5.89. The number of aromatic amines is 1. The fourth-order valence-electron chi connectivity index (χ4n) is 2.36. The quantitative estimate of drug-likeness (QED) is 0.617. The number of hydrogen-bond acceptors (Lipinski definition) is 3. The van der Waals surface area contributed by atoms with E-state index >= 15 is 0 Å². The van der Waals surface area contributed by atoms with Crippen molar-refractivity contribution in [2.45, 2.75) is 6.54 Å².